The summed E-state index contributed by atoms with van der Waals surface area (Å²) in [5, 5.41) is 8.69. The molecule has 1 unspecified atom stereocenters. The molecule has 8 heteroatoms. The Kier molecular flexibility index (Phi) is 6.32. The Bertz CT molecular complexity index is 957. The zero-order chi connectivity index (χ0) is 22.7. The van der Waals surface area contributed by atoms with Gasteiger partial charge >= 0.3 is 12.1 Å². The number of ether oxygens (including phenoxy) is 2. The normalized spacial score (nSPS) is 22.1. The zero-order valence-electron chi connectivity index (χ0n) is 18.0. The Morgan fingerprint density at radius 1 is 1.16 bits per heavy atom. The van der Waals surface area contributed by atoms with E-state index >= 15 is 0 Å². The maximum absolute atomic E-state index is 13.2. The second kappa shape index (κ2) is 9.16. The molecule has 0 radical (unpaired) electrons. The van der Waals surface area contributed by atoms with E-state index in [1.165, 1.54) is 12.1 Å². The molecule has 0 aliphatic carbocycles. The van der Waals surface area contributed by atoms with E-state index in [9.17, 15) is 14.0 Å². The van der Waals surface area contributed by atoms with Crippen molar-refractivity contribution in [2.45, 2.75) is 31.9 Å². The molecular weight excluding hydrogens is 415 g/mol. The van der Waals surface area contributed by atoms with Crippen LogP contribution < -0.4 is 9.64 Å². The molecule has 2 aliphatic heterocycles. The van der Waals surface area contributed by atoms with Crippen LogP contribution in [0.25, 0.3) is 0 Å². The number of aliphatic carboxylic acids is 1. The molecule has 0 saturated carbocycles. The van der Waals surface area contributed by atoms with E-state index in [0.717, 1.165) is 38.0 Å². The highest BCUT2D eigenvalue weighted by molar-refractivity contribution is 5.90. The van der Waals surface area contributed by atoms with Crippen LogP contribution in [-0.2, 0) is 16.1 Å². The van der Waals surface area contributed by atoms with Crippen LogP contribution in [0, 0.1) is 11.7 Å². The van der Waals surface area contributed by atoms with Crippen molar-refractivity contribution in [1.29, 1.82) is 0 Å². The first kappa shape index (κ1) is 22.1. The molecule has 1 atom stereocenters. The molecule has 2 fully saturated rings. The average molecular weight is 442 g/mol. The second-order valence-corrected chi connectivity index (χ2v) is 8.62. The number of carboxylic acid groups (broad SMARTS) is 1. The summed E-state index contributed by atoms with van der Waals surface area (Å²) in [7, 11) is 0. The number of hydrogen-bond donors (Lipinski definition) is 1. The summed E-state index contributed by atoms with van der Waals surface area (Å²) in [4.78, 5) is 27.0. The Balaban J connectivity index is 1.30. The highest BCUT2D eigenvalue weighted by Gasteiger charge is 2.48. The van der Waals surface area contributed by atoms with Crippen LogP contribution in [0.4, 0.5) is 14.9 Å². The van der Waals surface area contributed by atoms with E-state index in [1.54, 1.807) is 29.2 Å². The maximum atomic E-state index is 13.2. The number of piperidine rings is 1. The van der Waals surface area contributed by atoms with Crippen molar-refractivity contribution in [3.63, 3.8) is 0 Å². The van der Waals surface area contributed by atoms with E-state index in [0.29, 0.717) is 18.0 Å². The predicted octanol–water partition coefficient (Wildman–Crippen LogP) is 3.92. The third-order valence-electron chi connectivity index (χ3n) is 6.29. The van der Waals surface area contributed by atoms with E-state index in [2.05, 4.69) is 4.90 Å². The largest absolute Gasteiger partial charge is 0.482 e. The number of anilines is 1. The third-order valence-corrected chi connectivity index (χ3v) is 6.29. The van der Waals surface area contributed by atoms with E-state index in [1.807, 2.05) is 19.1 Å². The van der Waals surface area contributed by atoms with Crippen molar-refractivity contribution in [2.75, 3.05) is 31.1 Å². The summed E-state index contributed by atoms with van der Waals surface area (Å²) in [5.41, 5.74) is 1.21. The first-order valence-corrected chi connectivity index (χ1v) is 10.7. The molecule has 1 amide bonds. The van der Waals surface area contributed by atoms with Crippen molar-refractivity contribution in [3.8, 4) is 5.75 Å². The minimum absolute atomic E-state index is 0.250. The molecule has 0 spiro atoms. The summed E-state index contributed by atoms with van der Waals surface area (Å²) in [6, 6.07) is 13.4. The standard InChI is InChI=1S/C24H27FN2O5/c1-24(16-27(23(30)32-24)20-6-4-19(25)5-7-20)18-10-12-26(13-11-18)14-17-2-8-21(9-3-17)31-15-22(28)29/h2-9,18H,10-16H2,1H3,(H,28,29). The number of rotatable bonds is 7. The summed E-state index contributed by atoms with van der Waals surface area (Å²) in [5.74, 6) is -0.547. The van der Waals surface area contributed by atoms with Gasteiger partial charge < -0.3 is 14.6 Å². The Morgan fingerprint density at radius 3 is 2.44 bits per heavy atom. The smallest absolute Gasteiger partial charge is 0.415 e. The minimum atomic E-state index is -1.00. The summed E-state index contributed by atoms with van der Waals surface area (Å²) >= 11 is 0. The lowest BCUT2D eigenvalue weighted by atomic mass is 9.81. The first-order valence-electron chi connectivity index (χ1n) is 10.7. The Morgan fingerprint density at radius 2 is 1.81 bits per heavy atom. The highest BCUT2D eigenvalue weighted by Crippen LogP contribution is 2.38. The number of halogens is 1. The van der Waals surface area contributed by atoms with Gasteiger partial charge in [0.1, 0.15) is 17.2 Å². The molecule has 4 rings (SSSR count). The lowest BCUT2D eigenvalue weighted by Crippen LogP contribution is -2.45. The van der Waals surface area contributed by atoms with Crippen LogP contribution in [0.15, 0.2) is 48.5 Å². The van der Waals surface area contributed by atoms with Crippen LogP contribution in [0.5, 0.6) is 5.75 Å². The van der Waals surface area contributed by atoms with Gasteiger partial charge in [-0.1, -0.05) is 12.1 Å². The molecule has 170 valence electrons. The quantitative estimate of drug-likeness (QED) is 0.700. The average Bonchev–Trinajstić information content (AvgIpc) is 3.09. The fourth-order valence-electron chi connectivity index (χ4n) is 4.49. The molecule has 7 nitrogen and oxygen atoms in total. The first-order chi connectivity index (χ1) is 15.3. The van der Waals surface area contributed by atoms with Crippen molar-refractivity contribution in [1.82, 2.24) is 4.90 Å². The number of carbonyl (C=O) groups is 2. The molecule has 0 bridgehead atoms. The van der Waals surface area contributed by atoms with Gasteiger partial charge in [-0.2, -0.15) is 0 Å². The number of likely N-dealkylation sites (tertiary alicyclic amines) is 1. The van der Waals surface area contributed by atoms with E-state index < -0.39 is 11.6 Å². The van der Waals surface area contributed by atoms with Gasteiger partial charge in [0.25, 0.3) is 0 Å². The highest BCUT2D eigenvalue weighted by atomic mass is 19.1. The second-order valence-electron chi connectivity index (χ2n) is 8.62. The van der Waals surface area contributed by atoms with Crippen LogP contribution in [0.3, 0.4) is 0 Å². The van der Waals surface area contributed by atoms with Crippen LogP contribution in [0.2, 0.25) is 0 Å². The number of hydrogen-bond acceptors (Lipinski definition) is 5. The lowest BCUT2D eigenvalue weighted by molar-refractivity contribution is -0.139. The molecule has 32 heavy (non-hydrogen) atoms. The van der Waals surface area contributed by atoms with Gasteiger partial charge in [-0.05, 0) is 74.8 Å². The van der Waals surface area contributed by atoms with Crippen LogP contribution in [0.1, 0.15) is 25.3 Å². The number of benzene rings is 2. The number of cyclic esters (lactones) is 1. The molecule has 2 heterocycles. The Hall–Kier alpha value is -3.13. The summed E-state index contributed by atoms with van der Waals surface area (Å²) < 4.78 is 24.2. The van der Waals surface area contributed by atoms with Crippen molar-refractivity contribution < 1.29 is 28.6 Å². The maximum Gasteiger partial charge on any atom is 0.415 e. The van der Waals surface area contributed by atoms with Crippen molar-refractivity contribution in [3.05, 3.63) is 59.9 Å². The SMILES string of the molecule is CC1(C2CCN(Cc3ccc(OCC(=O)O)cc3)CC2)CN(c2ccc(F)cc2)C(=O)O1. The zero-order valence-corrected chi connectivity index (χ0v) is 18.0. The van der Waals surface area contributed by atoms with Crippen LogP contribution >= 0.6 is 0 Å². The number of nitrogens with zero attached hydrogens (tertiary/aromatic N) is 2. The summed E-state index contributed by atoms with van der Waals surface area (Å²) in [6.07, 6.45) is 1.45. The van der Waals surface area contributed by atoms with Crippen LogP contribution in [-0.4, -0.2) is 53.9 Å². The number of carbonyl (C=O) groups excluding carboxylic acids is 1. The molecule has 1 N–H and O–H groups in total. The molecular formula is C24H27FN2O5. The van der Waals surface area contributed by atoms with Gasteiger partial charge in [0.15, 0.2) is 6.61 Å². The number of carboxylic acids is 1. The van der Waals surface area contributed by atoms with Gasteiger partial charge in [0, 0.05) is 18.2 Å². The fraction of sp³-hybridized carbons (Fsp3) is 0.417. The van der Waals surface area contributed by atoms with Gasteiger partial charge in [0.2, 0.25) is 0 Å². The lowest BCUT2D eigenvalue weighted by Gasteiger charge is -2.39. The Labute approximate surface area is 186 Å². The van der Waals surface area contributed by atoms with Gasteiger partial charge in [0.05, 0.1) is 6.54 Å². The monoisotopic (exact) mass is 442 g/mol. The minimum Gasteiger partial charge on any atom is -0.482 e. The predicted molar refractivity (Wildman–Crippen MR) is 116 cm³/mol. The molecule has 2 aromatic carbocycles. The summed E-state index contributed by atoms with van der Waals surface area (Å²) in [6.45, 7) is 4.68. The fourth-order valence-corrected chi connectivity index (χ4v) is 4.49. The van der Waals surface area contributed by atoms with Gasteiger partial charge in [-0.15, -0.1) is 0 Å². The van der Waals surface area contributed by atoms with Crippen molar-refractivity contribution in [2.24, 2.45) is 5.92 Å². The molecule has 2 aliphatic rings. The third kappa shape index (κ3) is 5.02. The van der Waals surface area contributed by atoms with E-state index in [4.69, 9.17) is 14.6 Å². The molecule has 2 aromatic rings. The topological polar surface area (TPSA) is 79.3 Å². The van der Waals surface area contributed by atoms with E-state index in [-0.39, 0.29) is 24.4 Å². The van der Waals surface area contributed by atoms with Gasteiger partial charge in [-0.25, -0.2) is 14.0 Å². The molecule has 0 aromatic heterocycles. The molecule has 2 saturated heterocycles. The number of amides is 1. The van der Waals surface area contributed by atoms with Gasteiger partial charge in [-0.3, -0.25) is 9.80 Å². The van der Waals surface area contributed by atoms with Crippen molar-refractivity contribution >= 4 is 17.7 Å².